The summed E-state index contributed by atoms with van der Waals surface area (Å²) in [5, 5.41) is 3.00. The van der Waals surface area contributed by atoms with E-state index in [-0.39, 0.29) is 11.3 Å². The van der Waals surface area contributed by atoms with E-state index in [4.69, 9.17) is 4.74 Å². The van der Waals surface area contributed by atoms with E-state index >= 15 is 0 Å². The molecule has 98 valence electrons. The Morgan fingerprint density at radius 3 is 2.72 bits per heavy atom. The summed E-state index contributed by atoms with van der Waals surface area (Å²) in [7, 11) is 1.64. The maximum atomic E-state index is 12.4. The smallest absolute Gasteiger partial charge is 0.235 e. The van der Waals surface area contributed by atoms with Crippen LogP contribution in [0.5, 0.6) is 5.75 Å². The van der Waals surface area contributed by atoms with Crippen LogP contribution in [0, 0.1) is 0 Å². The minimum Gasteiger partial charge on any atom is -0.495 e. The Morgan fingerprint density at radius 2 is 2.11 bits per heavy atom. The first-order chi connectivity index (χ1) is 8.69. The van der Waals surface area contributed by atoms with Crippen LogP contribution in [-0.2, 0) is 10.2 Å². The Bertz CT molecular complexity index is 456. The van der Waals surface area contributed by atoms with Gasteiger partial charge in [-0.25, -0.2) is 0 Å². The number of hydrogen-bond acceptors (Lipinski definition) is 2. The van der Waals surface area contributed by atoms with Crippen LogP contribution in [0.1, 0.15) is 45.1 Å². The third-order valence-corrected chi connectivity index (χ3v) is 4.00. The van der Waals surface area contributed by atoms with Gasteiger partial charge in [-0.05, 0) is 24.5 Å². The number of unbranched alkanes of at least 4 members (excludes halogenated alkanes) is 1. The Kier molecular flexibility index (Phi) is 3.60. The summed E-state index contributed by atoms with van der Waals surface area (Å²) in [5.41, 5.74) is 1.60. The van der Waals surface area contributed by atoms with Crippen LogP contribution in [0.3, 0.4) is 0 Å². The average Bonchev–Trinajstić information content (AvgIpc) is 2.69. The highest BCUT2D eigenvalue weighted by molar-refractivity contribution is 6.07. The quantitative estimate of drug-likeness (QED) is 0.865. The molecule has 0 radical (unpaired) electrons. The van der Waals surface area contributed by atoms with E-state index in [1.165, 1.54) is 0 Å². The summed E-state index contributed by atoms with van der Waals surface area (Å²) in [4.78, 5) is 12.4. The number of nitrogens with one attached hydrogen (secondary N) is 1. The van der Waals surface area contributed by atoms with Gasteiger partial charge in [-0.2, -0.15) is 0 Å². The van der Waals surface area contributed by atoms with E-state index in [1.54, 1.807) is 7.11 Å². The molecule has 0 aromatic heterocycles. The van der Waals surface area contributed by atoms with Gasteiger partial charge in [-0.1, -0.05) is 38.8 Å². The van der Waals surface area contributed by atoms with Gasteiger partial charge in [0.2, 0.25) is 5.91 Å². The maximum Gasteiger partial charge on any atom is 0.235 e. The molecule has 3 nitrogen and oxygen atoms in total. The highest BCUT2D eigenvalue weighted by atomic mass is 16.5. The number of anilines is 1. The number of para-hydroxylation sites is 1. The molecule has 0 fully saturated rings. The molecule has 1 heterocycles. The van der Waals surface area contributed by atoms with Gasteiger partial charge >= 0.3 is 0 Å². The van der Waals surface area contributed by atoms with Crippen LogP contribution in [0.4, 0.5) is 5.69 Å². The minimum atomic E-state index is -0.361. The third-order valence-electron chi connectivity index (χ3n) is 4.00. The SMILES string of the molecule is CCCCC1(CC)C(=O)Nc2c(OC)cccc21. The number of methoxy groups -OCH3 is 1. The van der Waals surface area contributed by atoms with Gasteiger partial charge in [0.25, 0.3) is 0 Å². The van der Waals surface area contributed by atoms with Crippen molar-refractivity contribution in [3.63, 3.8) is 0 Å². The van der Waals surface area contributed by atoms with Gasteiger partial charge in [0.15, 0.2) is 0 Å². The van der Waals surface area contributed by atoms with E-state index in [9.17, 15) is 4.79 Å². The predicted molar refractivity (Wildman–Crippen MR) is 73.1 cm³/mol. The van der Waals surface area contributed by atoms with Gasteiger partial charge in [-0.15, -0.1) is 0 Å². The summed E-state index contributed by atoms with van der Waals surface area (Å²) in [6, 6.07) is 5.91. The Hall–Kier alpha value is -1.51. The molecule has 3 heteroatoms. The Balaban J connectivity index is 2.48. The Morgan fingerprint density at radius 1 is 1.33 bits per heavy atom. The lowest BCUT2D eigenvalue weighted by Gasteiger charge is -2.25. The van der Waals surface area contributed by atoms with Gasteiger partial charge < -0.3 is 10.1 Å². The molecule has 2 rings (SSSR count). The number of benzene rings is 1. The van der Waals surface area contributed by atoms with E-state index in [2.05, 4.69) is 25.2 Å². The number of rotatable bonds is 5. The third kappa shape index (κ3) is 1.78. The van der Waals surface area contributed by atoms with Crippen LogP contribution >= 0.6 is 0 Å². The van der Waals surface area contributed by atoms with Crippen molar-refractivity contribution in [3.05, 3.63) is 23.8 Å². The molecule has 1 aromatic carbocycles. The van der Waals surface area contributed by atoms with Gasteiger partial charge in [0, 0.05) is 0 Å². The molecule has 1 aliphatic heterocycles. The van der Waals surface area contributed by atoms with Crippen molar-refractivity contribution in [1.29, 1.82) is 0 Å². The molecular weight excluding hydrogens is 226 g/mol. The van der Waals surface area contributed by atoms with Crippen molar-refractivity contribution in [3.8, 4) is 5.75 Å². The molecule has 1 unspecified atom stereocenters. The first-order valence-electron chi connectivity index (χ1n) is 6.68. The lowest BCUT2D eigenvalue weighted by Crippen LogP contribution is -2.33. The second kappa shape index (κ2) is 5.01. The zero-order chi connectivity index (χ0) is 13.2. The summed E-state index contributed by atoms with van der Waals surface area (Å²) in [6.07, 6.45) is 3.91. The molecular formula is C15H21NO2. The molecule has 18 heavy (non-hydrogen) atoms. The van der Waals surface area contributed by atoms with Crippen LogP contribution in [0.25, 0.3) is 0 Å². The van der Waals surface area contributed by atoms with Gasteiger partial charge in [0.1, 0.15) is 5.75 Å². The second-order valence-corrected chi connectivity index (χ2v) is 4.88. The highest BCUT2D eigenvalue weighted by Crippen LogP contribution is 2.47. The molecule has 0 aliphatic carbocycles. The van der Waals surface area contributed by atoms with E-state index in [0.29, 0.717) is 0 Å². The van der Waals surface area contributed by atoms with Crippen molar-refractivity contribution in [2.75, 3.05) is 12.4 Å². The number of amides is 1. The molecule has 1 aliphatic rings. The number of carbonyl (C=O) groups is 1. The fourth-order valence-electron chi connectivity index (χ4n) is 2.84. The monoisotopic (exact) mass is 247 g/mol. The lowest BCUT2D eigenvalue weighted by atomic mass is 9.75. The zero-order valence-electron chi connectivity index (χ0n) is 11.4. The van der Waals surface area contributed by atoms with Gasteiger partial charge in [0.05, 0.1) is 18.2 Å². The fraction of sp³-hybridized carbons (Fsp3) is 0.533. The van der Waals surface area contributed by atoms with Crippen molar-refractivity contribution in [2.45, 2.75) is 44.9 Å². The van der Waals surface area contributed by atoms with E-state index in [1.807, 2.05) is 12.1 Å². The second-order valence-electron chi connectivity index (χ2n) is 4.88. The zero-order valence-corrected chi connectivity index (χ0v) is 11.4. The van der Waals surface area contributed by atoms with Crippen molar-refractivity contribution in [2.24, 2.45) is 0 Å². The van der Waals surface area contributed by atoms with Crippen LogP contribution < -0.4 is 10.1 Å². The average molecular weight is 247 g/mol. The first kappa shape index (κ1) is 12.9. The standard InChI is InChI=1S/C15H21NO2/c1-4-6-10-15(5-2)11-8-7-9-12(18-3)13(11)16-14(15)17/h7-9H,4-6,10H2,1-3H3,(H,16,17). The van der Waals surface area contributed by atoms with Crippen LogP contribution in [0.2, 0.25) is 0 Å². The van der Waals surface area contributed by atoms with Crippen molar-refractivity contribution >= 4 is 11.6 Å². The number of ether oxygens (including phenoxy) is 1. The summed E-state index contributed by atoms with van der Waals surface area (Å²) >= 11 is 0. The first-order valence-corrected chi connectivity index (χ1v) is 6.68. The Labute approximate surface area is 109 Å². The van der Waals surface area contributed by atoms with Gasteiger partial charge in [-0.3, -0.25) is 4.79 Å². The fourth-order valence-corrected chi connectivity index (χ4v) is 2.84. The minimum absolute atomic E-state index is 0.123. The molecule has 1 atom stereocenters. The van der Waals surface area contributed by atoms with E-state index in [0.717, 1.165) is 42.7 Å². The van der Waals surface area contributed by atoms with Crippen molar-refractivity contribution < 1.29 is 9.53 Å². The normalized spacial score (nSPS) is 21.6. The largest absolute Gasteiger partial charge is 0.495 e. The number of fused-ring (bicyclic) bond motifs is 1. The van der Waals surface area contributed by atoms with E-state index < -0.39 is 0 Å². The molecule has 1 aromatic rings. The molecule has 0 saturated heterocycles. The predicted octanol–water partition coefficient (Wildman–Crippen LogP) is 3.49. The lowest BCUT2D eigenvalue weighted by molar-refractivity contribution is -0.121. The molecule has 1 amide bonds. The number of hydrogen-bond donors (Lipinski definition) is 1. The number of carbonyl (C=O) groups excluding carboxylic acids is 1. The molecule has 1 N–H and O–H groups in total. The summed E-state index contributed by atoms with van der Waals surface area (Å²) in [6.45, 7) is 4.24. The van der Waals surface area contributed by atoms with Crippen LogP contribution in [0.15, 0.2) is 18.2 Å². The highest BCUT2D eigenvalue weighted by Gasteiger charge is 2.45. The summed E-state index contributed by atoms with van der Waals surface area (Å²) < 4.78 is 5.33. The molecule has 0 bridgehead atoms. The molecule has 0 spiro atoms. The van der Waals surface area contributed by atoms with Crippen LogP contribution in [-0.4, -0.2) is 13.0 Å². The summed E-state index contributed by atoms with van der Waals surface area (Å²) in [5.74, 6) is 0.880. The maximum absolute atomic E-state index is 12.4. The molecule has 0 saturated carbocycles. The topological polar surface area (TPSA) is 38.3 Å². The van der Waals surface area contributed by atoms with Crippen molar-refractivity contribution in [1.82, 2.24) is 0 Å².